The zero-order valence-corrected chi connectivity index (χ0v) is 21.9. The quantitative estimate of drug-likeness (QED) is 0.356. The van der Waals surface area contributed by atoms with Gasteiger partial charge in [0.25, 0.3) is 0 Å². The number of halogens is 7. The monoisotopic (exact) mass is 564 g/mol. The summed E-state index contributed by atoms with van der Waals surface area (Å²) in [5.74, 6) is -0.467. The van der Waals surface area contributed by atoms with Crippen LogP contribution in [0.3, 0.4) is 0 Å². The number of alkyl halides is 6. The second kappa shape index (κ2) is 11.2. The van der Waals surface area contributed by atoms with Gasteiger partial charge in [0.15, 0.2) is 5.12 Å². The first kappa shape index (κ1) is 29.8. The molecular weight excluding hydrogens is 537 g/mol. The molecule has 3 atom stereocenters. The Morgan fingerprint density at radius 2 is 1.61 bits per heavy atom. The van der Waals surface area contributed by atoms with Gasteiger partial charge in [0, 0.05) is 25.8 Å². The van der Waals surface area contributed by atoms with Crippen LogP contribution in [0.2, 0.25) is 0 Å². The summed E-state index contributed by atoms with van der Waals surface area (Å²) >= 11 is 1.14. The number of thioether (sulfide) groups is 1. The van der Waals surface area contributed by atoms with Gasteiger partial charge in [0.1, 0.15) is 5.82 Å². The molecule has 0 N–H and O–H groups in total. The van der Waals surface area contributed by atoms with Gasteiger partial charge in [-0.15, -0.1) is 0 Å². The van der Waals surface area contributed by atoms with Crippen molar-refractivity contribution in [2.24, 2.45) is 0 Å². The fourth-order valence-electron chi connectivity index (χ4n) is 4.62. The molecule has 1 saturated heterocycles. The Morgan fingerprint density at radius 1 is 1.03 bits per heavy atom. The summed E-state index contributed by atoms with van der Waals surface area (Å²) in [6, 6.07) is 3.06. The van der Waals surface area contributed by atoms with Crippen LogP contribution in [0.1, 0.15) is 66.6 Å². The maximum absolute atomic E-state index is 13.8. The summed E-state index contributed by atoms with van der Waals surface area (Å²) in [7, 11) is 1.31. The van der Waals surface area contributed by atoms with Crippen LogP contribution >= 0.6 is 11.8 Å². The molecule has 12 heteroatoms. The van der Waals surface area contributed by atoms with Gasteiger partial charge >= 0.3 is 18.4 Å². The van der Waals surface area contributed by atoms with Crippen molar-refractivity contribution < 1.29 is 40.3 Å². The van der Waals surface area contributed by atoms with Crippen molar-refractivity contribution in [2.75, 3.05) is 13.6 Å². The number of nitrogens with zero attached hydrogens (tertiary/aromatic N) is 2. The number of hydrogen-bond donors (Lipinski definition) is 0. The summed E-state index contributed by atoms with van der Waals surface area (Å²) in [5.41, 5.74) is -2.02. The summed E-state index contributed by atoms with van der Waals surface area (Å²) in [6.45, 7) is 4.65. The highest BCUT2D eigenvalue weighted by Crippen LogP contribution is 2.41. The molecule has 2 amide bonds. The molecule has 2 aromatic carbocycles. The molecule has 1 aliphatic heterocycles. The molecule has 38 heavy (non-hydrogen) atoms. The normalized spacial score (nSPS) is 19.3. The molecule has 1 fully saturated rings. The fraction of sp³-hybridized carbons (Fsp3) is 0.462. The van der Waals surface area contributed by atoms with Gasteiger partial charge in [-0.1, -0.05) is 17.8 Å². The number of carbonyl (C=O) groups excluding carboxylic acids is 2. The van der Waals surface area contributed by atoms with E-state index in [1.54, 1.807) is 13.0 Å². The molecule has 0 aliphatic carbocycles. The standard InChI is InChI=1S/C26H27F7N2O2S/c1-14-9-20(27)5-6-22(14)23-13-21(38-16(3)36)7-8-35(23)24(37)34(4)15(2)17-10-18(25(28,29)30)12-19(11-17)26(31,32)33/h5-6,9-12,15,21,23H,7-8,13H2,1-4H3/t15-,21+,23-/m1/s1. The van der Waals surface area contributed by atoms with Gasteiger partial charge < -0.3 is 9.80 Å². The van der Waals surface area contributed by atoms with Crippen molar-refractivity contribution in [3.8, 4) is 0 Å². The number of carbonyl (C=O) groups is 2. The third-order valence-electron chi connectivity index (χ3n) is 6.70. The van der Waals surface area contributed by atoms with E-state index in [-0.39, 0.29) is 28.5 Å². The molecule has 0 bridgehead atoms. The Kier molecular flexibility index (Phi) is 8.74. The van der Waals surface area contributed by atoms with Crippen molar-refractivity contribution in [3.05, 3.63) is 70.0 Å². The molecule has 0 saturated carbocycles. The van der Waals surface area contributed by atoms with E-state index >= 15 is 0 Å². The van der Waals surface area contributed by atoms with E-state index in [0.29, 0.717) is 36.1 Å². The smallest absolute Gasteiger partial charge is 0.321 e. The van der Waals surface area contributed by atoms with E-state index in [9.17, 15) is 40.3 Å². The lowest BCUT2D eigenvalue weighted by molar-refractivity contribution is -0.143. The molecule has 0 radical (unpaired) electrons. The molecule has 0 spiro atoms. The zero-order valence-electron chi connectivity index (χ0n) is 21.1. The summed E-state index contributed by atoms with van der Waals surface area (Å²) < 4.78 is 94.0. The Balaban J connectivity index is 1.97. The number of amides is 2. The lowest BCUT2D eigenvalue weighted by Gasteiger charge is -2.42. The van der Waals surface area contributed by atoms with E-state index in [0.717, 1.165) is 16.7 Å². The van der Waals surface area contributed by atoms with Gasteiger partial charge in [0.2, 0.25) is 0 Å². The van der Waals surface area contributed by atoms with E-state index < -0.39 is 47.4 Å². The van der Waals surface area contributed by atoms with Gasteiger partial charge in [-0.25, -0.2) is 9.18 Å². The van der Waals surface area contributed by atoms with E-state index in [1.807, 2.05) is 0 Å². The van der Waals surface area contributed by atoms with Crippen LogP contribution in [0.4, 0.5) is 35.5 Å². The number of aryl methyl sites for hydroxylation is 1. The molecular formula is C26H27F7N2O2S. The minimum Gasteiger partial charge on any atom is -0.321 e. The van der Waals surface area contributed by atoms with Crippen molar-refractivity contribution in [2.45, 2.75) is 63.3 Å². The Bertz CT molecular complexity index is 1170. The lowest BCUT2D eigenvalue weighted by atomic mass is 9.92. The van der Waals surface area contributed by atoms with Crippen LogP contribution in [0.15, 0.2) is 36.4 Å². The number of likely N-dealkylation sites (tertiary alicyclic amines) is 1. The molecule has 1 aliphatic rings. The Morgan fingerprint density at radius 3 is 2.11 bits per heavy atom. The van der Waals surface area contributed by atoms with Gasteiger partial charge in [-0.2, -0.15) is 26.3 Å². The Labute approximate surface area is 220 Å². The molecule has 2 aromatic rings. The highest BCUT2D eigenvalue weighted by molar-refractivity contribution is 8.14. The number of benzene rings is 2. The molecule has 1 heterocycles. The largest absolute Gasteiger partial charge is 0.416 e. The third kappa shape index (κ3) is 6.81. The number of rotatable bonds is 4. The number of piperidine rings is 1. The molecule has 208 valence electrons. The van der Waals surface area contributed by atoms with Crippen molar-refractivity contribution >= 4 is 22.9 Å². The van der Waals surface area contributed by atoms with Crippen LogP contribution < -0.4 is 0 Å². The van der Waals surface area contributed by atoms with Crippen molar-refractivity contribution in [3.63, 3.8) is 0 Å². The second-order valence-corrected chi connectivity index (χ2v) is 10.9. The van der Waals surface area contributed by atoms with Crippen LogP contribution in [0.5, 0.6) is 0 Å². The number of hydrogen-bond acceptors (Lipinski definition) is 3. The van der Waals surface area contributed by atoms with Crippen molar-refractivity contribution in [1.29, 1.82) is 0 Å². The average molecular weight is 565 g/mol. The van der Waals surface area contributed by atoms with Gasteiger partial charge in [-0.3, -0.25) is 4.79 Å². The van der Waals surface area contributed by atoms with E-state index in [2.05, 4.69) is 0 Å². The summed E-state index contributed by atoms with van der Waals surface area (Å²) in [4.78, 5) is 27.9. The first-order valence-corrected chi connectivity index (χ1v) is 12.6. The highest BCUT2D eigenvalue weighted by Gasteiger charge is 2.39. The summed E-state index contributed by atoms with van der Waals surface area (Å²) in [6.07, 6.45) is -9.21. The fourth-order valence-corrected chi connectivity index (χ4v) is 5.59. The van der Waals surface area contributed by atoms with Crippen LogP contribution in [0.25, 0.3) is 0 Å². The third-order valence-corrected chi connectivity index (χ3v) is 7.79. The molecule has 0 unspecified atom stereocenters. The van der Waals surface area contributed by atoms with E-state index in [4.69, 9.17) is 0 Å². The lowest BCUT2D eigenvalue weighted by Crippen LogP contribution is -2.48. The maximum atomic E-state index is 13.8. The second-order valence-electron chi connectivity index (χ2n) is 9.37. The highest BCUT2D eigenvalue weighted by atomic mass is 32.2. The van der Waals surface area contributed by atoms with Gasteiger partial charge in [-0.05, 0) is 73.7 Å². The topological polar surface area (TPSA) is 40.6 Å². The zero-order chi connectivity index (χ0) is 28.6. The minimum absolute atomic E-state index is 0.0445. The van der Waals surface area contributed by atoms with Crippen LogP contribution in [-0.4, -0.2) is 39.8 Å². The Hall–Kier alpha value is -2.76. The average Bonchev–Trinajstić information content (AvgIpc) is 2.81. The predicted molar refractivity (Wildman–Crippen MR) is 130 cm³/mol. The maximum Gasteiger partial charge on any atom is 0.416 e. The van der Waals surface area contributed by atoms with Gasteiger partial charge in [0.05, 0.1) is 23.2 Å². The first-order chi connectivity index (χ1) is 17.5. The van der Waals surface area contributed by atoms with Crippen LogP contribution in [-0.2, 0) is 17.1 Å². The molecule has 0 aromatic heterocycles. The number of urea groups is 1. The van der Waals surface area contributed by atoms with Crippen LogP contribution in [0, 0.1) is 12.7 Å². The van der Waals surface area contributed by atoms with E-state index in [1.165, 1.54) is 37.9 Å². The summed E-state index contributed by atoms with van der Waals surface area (Å²) in [5, 5.41) is -0.216. The predicted octanol–water partition coefficient (Wildman–Crippen LogP) is 7.77. The van der Waals surface area contributed by atoms with Crippen molar-refractivity contribution in [1.82, 2.24) is 9.80 Å². The first-order valence-electron chi connectivity index (χ1n) is 11.7. The molecule has 3 rings (SSSR count). The minimum atomic E-state index is -5.01. The SMILES string of the molecule is CC(=O)S[C@H]1CCN(C(=O)N(C)[C@H](C)c2cc(C(F)(F)F)cc(C(F)(F)F)c2)[C@@H](c2ccc(F)cc2C)C1. The molecule has 4 nitrogen and oxygen atoms in total.